The van der Waals surface area contributed by atoms with E-state index >= 15 is 0 Å². The van der Waals surface area contributed by atoms with Crippen molar-refractivity contribution in [1.29, 1.82) is 0 Å². The van der Waals surface area contributed by atoms with Crippen molar-refractivity contribution < 1.29 is 13.2 Å². The largest absolute Gasteiger partial charge is 0.372 e. The molecule has 2 aromatic carbocycles. The smallest absolute Gasteiger partial charge is 0.261 e. The molecule has 1 N–H and O–H groups in total. The first-order chi connectivity index (χ1) is 14.5. The van der Waals surface area contributed by atoms with E-state index in [4.69, 9.17) is 16.3 Å². The second kappa shape index (κ2) is 8.98. The van der Waals surface area contributed by atoms with Gasteiger partial charge in [-0.1, -0.05) is 49.7 Å². The van der Waals surface area contributed by atoms with Crippen LogP contribution in [0.1, 0.15) is 52.0 Å². The van der Waals surface area contributed by atoms with E-state index in [1.807, 2.05) is 26.0 Å². The number of ether oxygens (including phenoxy) is 1. The SMILES string of the molecule is CCOC(C)c1cnnn1-c1cc(Cl)ccc1NS(=O)(=O)c1ccc(C(C)(C)C)cc1. The summed E-state index contributed by atoms with van der Waals surface area (Å²) in [5, 5.41) is 8.54. The molecule has 0 bridgehead atoms. The van der Waals surface area contributed by atoms with Crippen molar-refractivity contribution in [3.63, 3.8) is 0 Å². The summed E-state index contributed by atoms with van der Waals surface area (Å²) in [7, 11) is -3.83. The summed E-state index contributed by atoms with van der Waals surface area (Å²) in [5.74, 6) is 0. The van der Waals surface area contributed by atoms with Crippen molar-refractivity contribution in [3.05, 3.63) is 64.9 Å². The fourth-order valence-electron chi connectivity index (χ4n) is 3.15. The molecule has 0 aliphatic rings. The molecule has 0 saturated heterocycles. The predicted molar refractivity (Wildman–Crippen MR) is 122 cm³/mol. The summed E-state index contributed by atoms with van der Waals surface area (Å²) in [5.41, 5.74) is 2.45. The molecule has 0 fully saturated rings. The molecule has 1 heterocycles. The highest BCUT2D eigenvalue weighted by molar-refractivity contribution is 7.92. The predicted octanol–water partition coefficient (Wildman–Crippen LogP) is 5.12. The number of sulfonamides is 1. The normalized spacial score (nSPS) is 13.2. The van der Waals surface area contributed by atoms with Crippen LogP contribution in [0.15, 0.2) is 53.6 Å². The van der Waals surface area contributed by atoms with Gasteiger partial charge in [0.1, 0.15) is 0 Å². The minimum absolute atomic E-state index is 0.0696. The maximum atomic E-state index is 13.1. The van der Waals surface area contributed by atoms with Gasteiger partial charge in [0, 0.05) is 11.6 Å². The van der Waals surface area contributed by atoms with Crippen LogP contribution in [0, 0.1) is 0 Å². The van der Waals surface area contributed by atoms with Crippen molar-refractivity contribution in [3.8, 4) is 5.69 Å². The summed E-state index contributed by atoms with van der Waals surface area (Å²) < 4.78 is 36.0. The van der Waals surface area contributed by atoms with Crippen LogP contribution >= 0.6 is 11.6 Å². The molecule has 3 aromatic rings. The number of halogens is 1. The van der Waals surface area contributed by atoms with Crippen LogP contribution in [0.3, 0.4) is 0 Å². The quantitative estimate of drug-likeness (QED) is 0.526. The summed E-state index contributed by atoms with van der Waals surface area (Å²) in [4.78, 5) is 0.169. The van der Waals surface area contributed by atoms with Gasteiger partial charge in [0.15, 0.2) is 0 Å². The number of aromatic nitrogens is 3. The van der Waals surface area contributed by atoms with Crippen LogP contribution in [0.5, 0.6) is 0 Å². The highest BCUT2D eigenvalue weighted by atomic mass is 35.5. The van der Waals surface area contributed by atoms with Crippen LogP contribution in [-0.2, 0) is 20.2 Å². The Kier molecular flexibility index (Phi) is 6.73. The molecular weight excluding hydrogens is 436 g/mol. The van der Waals surface area contributed by atoms with Gasteiger partial charge in [-0.2, -0.15) is 0 Å². The molecule has 31 heavy (non-hydrogen) atoms. The van der Waals surface area contributed by atoms with Crippen molar-refractivity contribution >= 4 is 27.3 Å². The number of hydrogen-bond acceptors (Lipinski definition) is 5. The summed E-state index contributed by atoms with van der Waals surface area (Å²) >= 11 is 6.21. The van der Waals surface area contributed by atoms with E-state index in [9.17, 15) is 8.42 Å². The minimum Gasteiger partial charge on any atom is -0.372 e. The molecule has 0 amide bonds. The molecule has 7 nitrogen and oxygen atoms in total. The molecule has 0 aliphatic heterocycles. The average molecular weight is 463 g/mol. The lowest BCUT2D eigenvalue weighted by Crippen LogP contribution is -2.17. The molecule has 0 aliphatic carbocycles. The molecule has 0 spiro atoms. The second-order valence-electron chi connectivity index (χ2n) is 8.21. The number of hydrogen-bond donors (Lipinski definition) is 1. The van der Waals surface area contributed by atoms with E-state index in [0.29, 0.717) is 28.7 Å². The van der Waals surface area contributed by atoms with E-state index in [2.05, 4.69) is 35.8 Å². The van der Waals surface area contributed by atoms with E-state index in [0.717, 1.165) is 5.56 Å². The zero-order valence-electron chi connectivity index (χ0n) is 18.3. The Morgan fingerprint density at radius 3 is 2.45 bits per heavy atom. The van der Waals surface area contributed by atoms with Crippen LogP contribution in [0.25, 0.3) is 5.69 Å². The van der Waals surface area contributed by atoms with Crippen LogP contribution in [0.2, 0.25) is 5.02 Å². The maximum absolute atomic E-state index is 13.1. The Bertz CT molecular complexity index is 1150. The van der Waals surface area contributed by atoms with Crippen molar-refractivity contribution in [1.82, 2.24) is 15.0 Å². The first-order valence-electron chi connectivity index (χ1n) is 9.98. The fraction of sp³-hybridized carbons (Fsp3) is 0.364. The maximum Gasteiger partial charge on any atom is 0.261 e. The van der Waals surface area contributed by atoms with Gasteiger partial charge in [-0.25, -0.2) is 13.1 Å². The number of nitrogens with zero attached hydrogens (tertiary/aromatic N) is 3. The lowest BCUT2D eigenvalue weighted by molar-refractivity contribution is 0.0716. The van der Waals surface area contributed by atoms with Crippen molar-refractivity contribution in [2.75, 3.05) is 11.3 Å². The Hall–Kier alpha value is -2.42. The third-order valence-corrected chi connectivity index (χ3v) is 6.49. The molecule has 3 rings (SSSR count). The summed E-state index contributed by atoms with van der Waals surface area (Å²) in [6, 6.07) is 11.7. The second-order valence-corrected chi connectivity index (χ2v) is 10.3. The number of anilines is 1. The van der Waals surface area contributed by atoms with Crippen molar-refractivity contribution in [2.45, 2.75) is 51.0 Å². The van der Waals surface area contributed by atoms with Crippen molar-refractivity contribution in [2.24, 2.45) is 0 Å². The van der Waals surface area contributed by atoms with Gasteiger partial charge in [0.2, 0.25) is 0 Å². The van der Waals surface area contributed by atoms with E-state index in [1.54, 1.807) is 36.5 Å². The Balaban J connectivity index is 1.99. The van der Waals surface area contributed by atoms with E-state index in [1.165, 1.54) is 4.68 Å². The third-order valence-electron chi connectivity index (χ3n) is 4.87. The number of benzene rings is 2. The number of nitrogens with one attached hydrogen (secondary N) is 1. The molecule has 9 heteroatoms. The molecule has 0 radical (unpaired) electrons. The first kappa shape index (κ1) is 23.2. The van der Waals surface area contributed by atoms with Gasteiger partial charge < -0.3 is 4.74 Å². The lowest BCUT2D eigenvalue weighted by Gasteiger charge is -2.19. The zero-order chi connectivity index (χ0) is 22.8. The fourth-order valence-corrected chi connectivity index (χ4v) is 4.39. The van der Waals surface area contributed by atoms with Gasteiger partial charge in [0.05, 0.1) is 34.3 Å². The monoisotopic (exact) mass is 462 g/mol. The van der Waals surface area contributed by atoms with Crippen LogP contribution < -0.4 is 4.72 Å². The van der Waals surface area contributed by atoms with E-state index in [-0.39, 0.29) is 16.4 Å². The summed E-state index contributed by atoms with van der Waals surface area (Å²) in [6.45, 7) is 10.5. The summed E-state index contributed by atoms with van der Waals surface area (Å²) in [6.07, 6.45) is 1.30. The molecule has 1 unspecified atom stereocenters. The average Bonchev–Trinajstić information content (AvgIpc) is 3.19. The Morgan fingerprint density at radius 2 is 1.84 bits per heavy atom. The Labute approximate surface area is 188 Å². The highest BCUT2D eigenvalue weighted by Crippen LogP contribution is 2.30. The van der Waals surface area contributed by atoms with Gasteiger partial charge in [-0.15, -0.1) is 5.10 Å². The minimum atomic E-state index is -3.83. The molecule has 0 saturated carbocycles. The lowest BCUT2D eigenvalue weighted by atomic mass is 9.87. The van der Waals surface area contributed by atoms with E-state index < -0.39 is 10.0 Å². The topological polar surface area (TPSA) is 86.1 Å². The molecule has 1 atom stereocenters. The first-order valence-corrected chi connectivity index (χ1v) is 11.8. The zero-order valence-corrected chi connectivity index (χ0v) is 19.8. The van der Waals surface area contributed by atoms with Gasteiger partial charge in [0.25, 0.3) is 10.0 Å². The Morgan fingerprint density at radius 1 is 1.16 bits per heavy atom. The molecule has 166 valence electrons. The standard InChI is InChI=1S/C22H27ClN4O3S/c1-6-30-15(2)21-14-24-26-27(21)20-13-17(23)9-12-19(20)25-31(28,29)18-10-7-16(8-11-18)22(3,4)5/h7-15,25H,6H2,1-5H3. The van der Waals surface area contributed by atoms with Gasteiger partial charge in [-0.05, 0) is 55.2 Å². The van der Waals surface area contributed by atoms with Gasteiger partial charge >= 0.3 is 0 Å². The molecule has 1 aromatic heterocycles. The molecular formula is C22H27ClN4O3S. The highest BCUT2D eigenvalue weighted by Gasteiger charge is 2.22. The number of rotatable bonds is 7. The third kappa shape index (κ3) is 5.26. The van der Waals surface area contributed by atoms with Crippen LogP contribution in [0.4, 0.5) is 5.69 Å². The van der Waals surface area contributed by atoms with Gasteiger partial charge in [-0.3, -0.25) is 4.72 Å². The van der Waals surface area contributed by atoms with Crippen LogP contribution in [-0.4, -0.2) is 30.0 Å².